The summed E-state index contributed by atoms with van der Waals surface area (Å²) in [7, 11) is 0. The van der Waals surface area contributed by atoms with Gasteiger partial charge in [-0.15, -0.1) is 0 Å². The third kappa shape index (κ3) is 2.44. The number of amides is 1. The van der Waals surface area contributed by atoms with Crippen LogP contribution in [0.4, 0.5) is 0 Å². The molecule has 0 spiro atoms. The number of rotatable bonds is 3. The van der Waals surface area contributed by atoms with Gasteiger partial charge in [0.05, 0.1) is 5.56 Å². The van der Waals surface area contributed by atoms with E-state index in [4.69, 9.17) is 10.2 Å². The molecule has 0 bridgehead atoms. The van der Waals surface area contributed by atoms with E-state index in [2.05, 4.69) is 4.98 Å². The van der Waals surface area contributed by atoms with Crippen LogP contribution in [-0.4, -0.2) is 10.9 Å². The van der Waals surface area contributed by atoms with Gasteiger partial charge in [0.15, 0.2) is 0 Å². The third-order valence-corrected chi connectivity index (χ3v) is 3.99. The summed E-state index contributed by atoms with van der Waals surface area (Å²) in [6, 6.07) is 19.3. The minimum absolute atomic E-state index is 0.396. The van der Waals surface area contributed by atoms with Crippen molar-refractivity contribution in [2.45, 2.75) is 0 Å². The fourth-order valence-electron chi connectivity index (χ4n) is 2.77. The molecule has 4 heteroatoms. The number of aromatic nitrogens is 1. The van der Waals surface area contributed by atoms with Gasteiger partial charge in [-0.2, -0.15) is 0 Å². The third-order valence-electron chi connectivity index (χ3n) is 3.99. The highest BCUT2D eigenvalue weighted by molar-refractivity contribution is 6.04. The topological polar surface area (TPSA) is 69.1 Å². The standard InChI is InChI=1S/C20H14N2O2/c21-20(23)17-3-1-2-16-12-18(24-19(16)17)15-6-4-13(5-7-15)14-8-10-22-11-9-14/h1-12H,(H2,21,23). The predicted octanol–water partition coefficient (Wildman–Crippen LogP) is 4.26. The van der Waals surface area contributed by atoms with E-state index in [1.165, 1.54) is 0 Å². The van der Waals surface area contributed by atoms with Gasteiger partial charge in [0.25, 0.3) is 5.91 Å². The Morgan fingerprint density at radius 3 is 2.25 bits per heavy atom. The highest BCUT2D eigenvalue weighted by Crippen LogP contribution is 2.31. The number of fused-ring (bicyclic) bond motifs is 1. The van der Waals surface area contributed by atoms with E-state index in [0.29, 0.717) is 16.9 Å². The molecule has 4 rings (SSSR count). The van der Waals surface area contributed by atoms with Crippen molar-refractivity contribution in [3.8, 4) is 22.5 Å². The van der Waals surface area contributed by atoms with E-state index < -0.39 is 5.91 Å². The molecule has 0 unspecified atom stereocenters. The Bertz CT molecular complexity index is 1020. The van der Waals surface area contributed by atoms with E-state index in [1.807, 2.05) is 48.5 Å². The number of furan rings is 1. The van der Waals surface area contributed by atoms with Crippen molar-refractivity contribution in [3.63, 3.8) is 0 Å². The molecule has 0 fully saturated rings. The van der Waals surface area contributed by atoms with Crippen LogP contribution >= 0.6 is 0 Å². The zero-order valence-electron chi connectivity index (χ0n) is 12.8. The van der Waals surface area contributed by atoms with E-state index in [0.717, 1.165) is 22.1 Å². The van der Waals surface area contributed by atoms with Crippen molar-refractivity contribution in [2.75, 3.05) is 0 Å². The first-order valence-corrected chi connectivity index (χ1v) is 7.55. The first-order chi connectivity index (χ1) is 11.7. The van der Waals surface area contributed by atoms with Crippen LogP contribution in [0.1, 0.15) is 10.4 Å². The van der Waals surface area contributed by atoms with Gasteiger partial charge in [-0.3, -0.25) is 9.78 Å². The van der Waals surface area contributed by atoms with Crippen molar-refractivity contribution in [1.82, 2.24) is 4.98 Å². The number of carbonyl (C=O) groups is 1. The van der Waals surface area contributed by atoms with Crippen molar-refractivity contribution in [1.29, 1.82) is 0 Å². The van der Waals surface area contributed by atoms with E-state index in [-0.39, 0.29) is 0 Å². The number of carbonyl (C=O) groups excluding carboxylic acids is 1. The van der Waals surface area contributed by atoms with Crippen molar-refractivity contribution in [3.05, 3.63) is 78.6 Å². The Morgan fingerprint density at radius 1 is 0.875 bits per heavy atom. The molecular formula is C20H14N2O2. The smallest absolute Gasteiger partial charge is 0.252 e. The van der Waals surface area contributed by atoms with Gasteiger partial charge >= 0.3 is 0 Å². The molecule has 2 heterocycles. The second kappa shape index (κ2) is 5.66. The normalized spacial score (nSPS) is 10.8. The first kappa shape index (κ1) is 14.2. The summed E-state index contributed by atoms with van der Waals surface area (Å²) in [5.74, 6) is 0.217. The van der Waals surface area contributed by atoms with Gasteiger partial charge in [0.2, 0.25) is 0 Å². The van der Waals surface area contributed by atoms with E-state index >= 15 is 0 Å². The maximum absolute atomic E-state index is 11.5. The molecule has 0 radical (unpaired) electrons. The van der Waals surface area contributed by atoms with Crippen LogP contribution in [0.3, 0.4) is 0 Å². The lowest BCUT2D eigenvalue weighted by Gasteiger charge is -2.02. The van der Waals surface area contributed by atoms with Crippen LogP contribution in [0.25, 0.3) is 33.4 Å². The Morgan fingerprint density at radius 2 is 1.54 bits per heavy atom. The van der Waals surface area contributed by atoms with Crippen molar-refractivity contribution in [2.24, 2.45) is 5.73 Å². The first-order valence-electron chi connectivity index (χ1n) is 7.55. The largest absolute Gasteiger partial charge is 0.455 e. The lowest BCUT2D eigenvalue weighted by Crippen LogP contribution is -2.10. The summed E-state index contributed by atoms with van der Waals surface area (Å²) in [6.45, 7) is 0. The molecule has 0 saturated heterocycles. The predicted molar refractivity (Wildman–Crippen MR) is 93.4 cm³/mol. The summed E-state index contributed by atoms with van der Waals surface area (Å²) in [5.41, 5.74) is 9.49. The summed E-state index contributed by atoms with van der Waals surface area (Å²) < 4.78 is 5.88. The Balaban J connectivity index is 1.75. The van der Waals surface area contributed by atoms with Crippen LogP contribution in [-0.2, 0) is 0 Å². The molecule has 116 valence electrons. The average Bonchev–Trinajstić information content (AvgIpc) is 3.06. The second-order valence-corrected chi connectivity index (χ2v) is 5.51. The SMILES string of the molecule is NC(=O)c1cccc2cc(-c3ccc(-c4ccncc4)cc3)oc12. The highest BCUT2D eigenvalue weighted by atomic mass is 16.3. The van der Waals surface area contributed by atoms with Crippen LogP contribution in [0.15, 0.2) is 77.5 Å². The number of nitrogens with two attached hydrogens (primary N) is 1. The van der Waals surface area contributed by atoms with Gasteiger partial charge in [-0.1, -0.05) is 36.4 Å². The van der Waals surface area contributed by atoms with Gasteiger partial charge in [-0.05, 0) is 35.4 Å². The van der Waals surface area contributed by atoms with Crippen LogP contribution in [0, 0.1) is 0 Å². The van der Waals surface area contributed by atoms with Gasteiger partial charge in [-0.25, -0.2) is 0 Å². The monoisotopic (exact) mass is 314 g/mol. The van der Waals surface area contributed by atoms with Crippen molar-refractivity contribution < 1.29 is 9.21 Å². The molecule has 4 nitrogen and oxygen atoms in total. The maximum Gasteiger partial charge on any atom is 0.252 e. The van der Waals surface area contributed by atoms with Gasteiger partial charge in [0.1, 0.15) is 11.3 Å². The van der Waals surface area contributed by atoms with Gasteiger partial charge < -0.3 is 10.2 Å². The zero-order valence-corrected chi connectivity index (χ0v) is 12.8. The number of nitrogens with zero attached hydrogens (tertiary/aromatic N) is 1. The minimum atomic E-state index is -0.491. The average molecular weight is 314 g/mol. The molecule has 1 amide bonds. The highest BCUT2D eigenvalue weighted by Gasteiger charge is 2.13. The molecule has 4 aromatic rings. The molecule has 0 aliphatic heterocycles. The maximum atomic E-state index is 11.5. The fraction of sp³-hybridized carbons (Fsp3) is 0. The van der Waals surface area contributed by atoms with E-state index in [9.17, 15) is 4.79 Å². The quantitative estimate of drug-likeness (QED) is 0.614. The summed E-state index contributed by atoms with van der Waals surface area (Å²) in [5, 5.41) is 0.861. The molecule has 2 aromatic heterocycles. The van der Waals surface area contributed by atoms with Gasteiger partial charge in [0, 0.05) is 23.3 Å². The molecule has 24 heavy (non-hydrogen) atoms. The molecule has 2 N–H and O–H groups in total. The molecule has 0 saturated carbocycles. The summed E-state index contributed by atoms with van der Waals surface area (Å²) >= 11 is 0. The molecular weight excluding hydrogens is 300 g/mol. The fourth-order valence-corrected chi connectivity index (χ4v) is 2.77. The number of pyridine rings is 1. The molecule has 0 atom stereocenters. The molecule has 0 aliphatic rings. The van der Waals surface area contributed by atoms with Crippen LogP contribution in [0.2, 0.25) is 0 Å². The summed E-state index contributed by atoms with van der Waals surface area (Å²) in [6.07, 6.45) is 3.54. The Labute approximate surface area is 138 Å². The zero-order chi connectivity index (χ0) is 16.5. The number of primary amides is 1. The Hall–Kier alpha value is -3.40. The van der Waals surface area contributed by atoms with Crippen LogP contribution in [0.5, 0.6) is 0 Å². The summed E-state index contributed by atoms with van der Waals surface area (Å²) in [4.78, 5) is 15.5. The lowest BCUT2D eigenvalue weighted by atomic mass is 10.0. The molecule has 2 aromatic carbocycles. The lowest BCUT2D eigenvalue weighted by molar-refractivity contribution is 0.100. The Kier molecular flexibility index (Phi) is 3.35. The minimum Gasteiger partial charge on any atom is -0.455 e. The van der Waals surface area contributed by atoms with Crippen LogP contribution < -0.4 is 5.73 Å². The number of para-hydroxylation sites is 1. The number of hydrogen-bond acceptors (Lipinski definition) is 3. The van der Waals surface area contributed by atoms with E-state index in [1.54, 1.807) is 24.5 Å². The van der Waals surface area contributed by atoms with Crippen molar-refractivity contribution >= 4 is 16.9 Å². The molecule has 0 aliphatic carbocycles. The number of hydrogen-bond donors (Lipinski definition) is 1. The number of benzene rings is 2. The second-order valence-electron chi connectivity index (χ2n) is 5.51.